The summed E-state index contributed by atoms with van der Waals surface area (Å²) >= 11 is 1.62. The molecule has 0 fully saturated rings. The first-order chi connectivity index (χ1) is 16.9. The minimum absolute atomic E-state index is 0.149. The van der Waals surface area contributed by atoms with Gasteiger partial charge < -0.3 is 29.2 Å². The Balaban J connectivity index is 1.31. The van der Waals surface area contributed by atoms with Crippen molar-refractivity contribution < 1.29 is 19.3 Å². The van der Waals surface area contributed by atoms with Crippen molar-refractivity contribution in [2.75, 3.05) is 25.5 Å². The summed E-state index contributed by atoms with van der Waals surface area (Å²) in [5.74, 6) is 1.34. The molecule has 0 aliphatic rings. The Bertz CT molecular complexity index is 1270. The van der Waals surface area contributed by atoms with Gasteiger partial charge in [-0.15, -0.1) is 11.3 Å². The van der Waals surface area contributed by atoms with Crippen LogP contribution in [-0.2, 0) is 13.7 Å². The molecule has 0 aliphatic carbocycles. The molecule has 2 heterocycles. The third kappa shape index (κ3) is 6.25. The normalized spacial score (nSPS) is 11.1. The first-order valence-electron chi connectivity index (χ1n) is 11.6. The van der Waals surface area contributed by atoms with Crippen LogP contribution in [0.4, 0.5) is 5.69 Å². The van der Waals surface area contributed by atoms with Crippen molar-refractivity contribution in [2.45, 2.75) is 19.9 Å². The Morgan fingerprint density at radius 1 is 1.11 bits per heavy atom. The zero-order valence-corrected chi connectivity index (χ0v) is 21.0. The van der Waals surface area contributed by atoms with Gasteiger partial charge in [0.05, 0.1) is 16.8 Å². The van der Waals surface area contributed by atoms with E-state index in [1.807, 2.05) is 89.5 Å². The minimum atomic E-state index is -0.458. The van der Waals surface area contributed by atoms with Crippen LogP contribution in [-0.4, -0.2) is 47.6 Å². The van der Waals surface area contributed by atoms with E-state index in [1.54, 1.807) is 18.2 Å². The fraction of sp³-hybridized carbons (Fsp3) is 0.269. The predicted molar refractivity (Wildman–Crippen MR) is 143 cm³/mol. The molecule has 182 valence electrons. The van der Waals surface area contributed by atoms with Crippen molar-refractivity contribution in [3.05, 3.63) is 77.3 Å². The Hall–Kier alpha value is -3.27. The van der Waals surface area contributed by atoms with Gasteiger partial charge in [-0.2, -0.15) is 0 Å². The quantitative estimate of drug-likeness (QED) is 0.231. The smallest absolute Gasteiger partial charge is 0.376 e. The minimum Gasteiger partial charge on any atom is -0.494 e. The summed E-state index contributed by atoms with van der Waals surface area (Å²) in [6.45, 7) is 3.41. The van der Waals surface area contributed by atoms with Crippen LogP contribution in [0.1, 0.15) is 22.5 Å². The van der Waals surface area contributed by atoms with Gasteiger partial charge in [-0.1, -0.05) is 18.2 Å². The van der Waals surface area contributed by atoms with Gasteiger partial charge in [0.15, 0.2) is 0 Å². The third-order valence-corrected chi connectivity index (χ3v) is 6.80. The van der Waals surface area contributed by atoms with Gasteiger partial charge in [-0.25, -0.2) is 0 Å². The number of anilines is 1. The molecule has 0 radical (unpaired) electrons. The summed E-state index contributed by atoms with van der Waals surface area (Å²) in [6, 6.07) is 19.1. The summed E-state index contributed by atoms with van der Waals surface area (Å²) in [5.41, 5.74) is 3.29. The molecule has 1 amide bonds. The zero-order chi connectivity index (χ0) is 24.8. The van der Waals surface area contributed by atoms with E-state index >= 15 is 0 Å². The lowest BCUT2D eigenvalue weighted by Crippen LogP contribution is -2.34. The van der Waals surface area contributed by atoms with Crippen LogP contribution in [0.5, 0.6) is 11.5 Å². The van der Waals surface area contributed by atoms with Crippen LogP contribution in [0.15, 0.2) is 66.0 Å². The summed E-state index contributed by atoms with van der Waals surface area (Å²) in [5, 5.41) is 14.5. The lowest BCUT2D eigenvalue weighted by molar-refractivity contribution is 0.101. The second kappa shape index (κ2) is 11.4. The van der Waals surface area contributed by atoms with E-state index in [2.05, 4.69) is 5.32 Å². The number of carbonyl (C=O) groups is 1. The average Bonchev–Trinajstić information content (AvgIpc) is 3.44. The number of aromatic nitrogens is 1. The molecular formula is C26H30BN3O4S. The molecule has 0 aliphatic heterocycles. The van der Waals surface area contributed by atoms with Crippen LogP contribution in [0.2, 0.25) is 6.82 Å². The highest BCUT2D eigenvalue weighted by Gasteiger charge is 2.16. The molecule has 2 aromatic heterocycles. The van der Waals surface area contributed by atoms with Crippen LogP contribution < -0.4 is 14.8 Å². The molecule has 0 saturated carbocycles. The molecule has 0 atom stereocenters. The van der Waals surface area contributed by atoms with E-state index in [0.29, 0.717) is 18.9 Å². The number of amides is 1. The number of ether oxygens (including phenoxy) is 2. The molecule has 4 rings (SSSR count). The van der Waals surface area contributed by atoms with Gasteiger partial charge in [-0.05, 0) is 74.7 Å². The van der Waals surface area contributed by atoms with E-state index < -0.39 is 7.05 Å². The number of carbonyl (C=O) groups excluding carboxylic acids is 1. The molecular weight excluding hydrogens is 461 g/mol. The Kier molecular flexibility index (Phi) is 8.12. The zero-order valence-electron chi connectivity index (χ0n) is 20.2. The number of hydrogen-bond acceptors (Lipinski definition) is 6. The van der Waals surface area contributed by atoms with Gasteiger partial charge in [0.2, 0.25) is 0 Å². The number of thiophene rings is 1. The molecule has 0 bridgehead atoms. The first-order valence-corrected chi connectivity index (χ1v) is 12.5. The number of rotatable bonds is 11. The summed E-state index contributed by atoms with van der Waals surface area (Å²) < 4.78 is 14.7. The van der Waals surface area contributed by atoms with Gasteiger partial charge in [0, 0.05) is 18.3 Å². The topological polar surface area (TPSA) is 76.0 Å². The van der Waals surface area contributed by atoms with Crippen molar-refractivity contribution in [3.63, 3.8) is 0 Å². The number of para-hydroxylation sites is 1. The van der Waals surface area contributed by atoms with Crippen LogP contribution >= 0.6 is 11.3 Å². The first kappa shape index (κ1) is 24.8. The highest BCUT2D eigenvalue weighted by molar-refractivity contribution is 7.17. The molecule has 35 heavy (non-hydrogen) atoms. The van der Waals surface area contributed by atoms with Gasteiger partial charge >= 0.3 is 7.05 Å². The van der Waals surface area contributed by atoms with E-state index in [1.165, 1.54) is 0 Å². The highest BCUT2D eigenvalue weighted by Crippen LogP contribution is 2.26. The van der Waals surface area contributed by atoms with Gasteiger partial charge in [0.1, 0.15) is 23.8 Å². The van der Waals surface area contributed by atoms with Crippen LogP contribution in [0, 0.1) is 0 Å². The second-order valence-corrected chi connectivity index (χ2v) is 9.39. The average molecular weight is 491 g/mol. The second-order valence-electron chi connectivity index (χ2n) is 8.44. The lowest BCUT2D eigenvalue weighted by atomic mass is 9.86. The fourth-order valence-electron chi connectivity index (χ4n) is 3.71. The Labute approximate surface area is 210 Å². The Morgan fingerprint density at radius 2 is 1.83 bits per heavy atom. The standard InChI is InChI=1S/C26H30BN3O4S/c1-27(32)29(2)14-6-15-33-20-9-11-21(12-10-20)34-18-19-7-4-5-8-22(19)28-26(31)24-17-25-23(30(24)3)13-16-35-25/h4-5,7-13,16-17,32H,6,14-15,18H2,1-3H3,(H,28,31). The highest BCUT2D eigenvalue weighted by atomic mass is 32.1. The van der Waals surface area contributed by atoms with Crippen molar-refractivity contribution >= 4 is 40.2 Å². The molecule has 9 heteroatoms. The molecule has 2 aromatic carbocycles. The van der Waals surface area contributed by atoms with Crippen LogP contribution in [0.25, 0.3) is 10.2 Å². The summed E-state index contributed by atoms with van der Waals surface area (Å²) in [7, 11) is 3.32. The number of fused-ring (bicyclic) bond motifs is 1. The van der Waals surface area contributed by atoms with Gasteiger partial charge in [-0.3, -0.25) is 4.79 Å². The van der Waals surface area contributed by atoms with Crippen LogP contribution in [0.3, 0.4) is 0 Å². The molecule has 2 N–H and O–H groups in total. The van der Waals surface area contributed by atoms with Gasteiger partial charge in [0.25, 0.3) is 5.91 Å². The number of nitrogens with one attached hydrogen (secondary N) is 1. The predicted octanol–water partition coefficient (Wildman–Crippen LogP) is 4.88. The third-order valence-electron chi connectivity index (χ3n) is 5.94. The Morgan fingerprint density at radius 3 is 2.54 bits per heavy atom. The summed E-state index contributed by atoms with van der Waals surface area (Å²) in [4.78, 5) is 14.8. The maximum atomic E-state index is 12.9. The number of benzene rings is 2. The summed E-state index contributed by atoms with van der Waals surface area (Å²) in [6.07, 6.45) is 0.822. The van der Waals surface area contributed by atoms with Crippen molar-refractivity contribution in [3.8, 4) is 11.5 Å². The number of hydrogen-bond donors (Lipinski definition) is 2. The SMILES string of the molecule is CB(O)N(C)CCCOc1ccc(OCc2ccccc2NC(=O)c2cc3sccc3n2C)cc1. The lowest BCUT2D eigenvalue weighted by Gasteiger charge is -2.17. The van der Waals surface area contributed by atoms with E-state index in [-0.39, 0.29) is 5.91 Å². The molecule has 4 aromatic rings. The monoisotopic (exact) mass is 491 g/mol. The maximum Gasteiger partial charge on any atom is 0.376 e. The fourth-order valence-corrected chi connectivity index (χ4v) is 4.56. The largest absolute Gasteiger partial charge is 0.494 e. The van der Waals surface area contributed by atoms with E-state index in [0.717, 1.165) is 45.9 Å². The molecule has 0 unspecified atom stereocenters. The molecule has 0 saturated heterocycles. The number of nitrogens with zero attached hydrogens (tertiary/aromatic N) is 2. The molecule has 7 nitrogen and oxygen atoms in total. The number of aryl methyl sites for hydroxylation is 1. The van der Waals surface area contributed by atoms with E-state index in [4.69, 9.17) is 9.47 Å². The van der Waals surface area contributed by atoms with Crippen molar-refractivity contribution in [2.24, 2.45) is 7.05 Å². The maximum absolute atomic E-state index is 12.9. The molecule has 0 spiro atoms. The van der Waals surface area contributed by atoms with Crippen molar-refractivity contribution in [1.29, 1.82) is 0 Å². The van der Waals surface area contributed by atoms with Crippen molar-refractivity contribution in [1.82, 2.24) is 9.38 Å². The van der Waals surface area contributed by atoms with E-state index in [9.17, 15) is 9.82 Å².